The van der Waals surface area contributed by atoms with Gasteiger partial charge in [0.25, 0.3) is 0 Å². The molecule has 1 atom stereocenters. The van der Waals surface area contributed by atoms with Crippen molar-refractivity contribution in [3.63, 3.8) is 0 Å². The van der Waals surface area contributed by atoms with Crippen molar-refractivity contribution in [2.24, 2.45) is 5.73 Å². The van der Waals surface area contributed by atoms with Crippen LogP contribution in [0.1, 0.15) is 6.92 Å². The fraction of sp³-hybridized carbons (Fsp3) is 0.667. The second-order valence-corrected chi connectivity index (χ2v) is 3.14. The standard InChI is InChI=1S/C6H13NS/c1-3-4-8-6(2)5-7/h3,6H,1,4-5,7H2,2H3. The van der Waals surface area contributed by atoms with Crippen LogP contribution in [0.3, 0.4) is 0 Å². The lowest BCUT2D eigenvalue weighted by Gasteiger charge is -2.03. The molecule has 1 nitrogen and oxygen atoms in total. The summed E-state index contributed by atoms with van der Waals surface area (Å²) in [4.78, 5) is 0. The van der Waals surface area contributed by atoms with Gasteiger partial charge in [-0.3, -0.25) is 0 Å². The van der Waals surface area contributed by atoms with Crippen LogP contribution in [0.4, 0.5) is 0 Å². The van der Waals surface area contributed by atoms with Crippen LogP contribution >= 0.6 is 11.8 Å². The van der Waals surface area contributed by atoms with Gasteiger partial charge in [0, 0.05) is 17.5 Å². The van der Waals surface area contributed by atoms with E-state index in [4.69, 9.17) is 5.73 Å². The Bertz CT molecular complexity index is 63.5. The van der Waals surface area contributed by atoms with Crippen molar-refractivity contribution < 1.29 is 0 Å². The zero-order valence-electron chi connectivity index (χ0n) is 5.26. The molecule has 0 aromatic heterocycles. The molecule has 48 valence electrons. The van der Waals surface area contributed by atoms with Gasteiger partial charge in [-0.2, -0.15) is 11.8 Å². The van der Waals surface area contributed by atoms with Gasteiger partial charge in [-0.05, 0) is 0 Å². The van der Waals surface area contributed by atoms with Gasteiger partial charge in [0.15, 0.2) is 0 Å². The Kier molecular flexibility index (Phi) is 5.22. The fourth-order valence-corrected chi connectivity index (χ4v) is 0.901. The molecule has 1 unspecified atom stereocenters. The van der Waals surface area contributed by atoms with Crippen LogP contribution in [0.2, 0.25) is 0 Å². The van der Waals surface area contributed by atoms with Crippen LogP contribution in [0.5, 0.6) is 0 Å². The summed E-state index contributed by atoms with van der Waals surface area (Å²) in [5.74, 6) is 1.01. The Labute approximate surface area is 55.3 Å². The first-order valence-corrected chi connectivity index (χ1v) is 3.78. The van der Waals surface area contributed by atoms with Crippen LogP contribution in [0, 0.1) is 0 Å². The first-order valence-electron chi connectivity index (χ1n) is 2.73. The highest BCUT2D eigenvalue weighted by Gasteiger charge is 1.94. The summed E-state index contributed by atoms with van der Waals surface area (Å²) in [5.41, 5.74) is 5.36. The van der Waals surface area contributed by atoms with Gasteiger partial charge in [0.05, 0.1) is 0 Å². The summed E-state index contributed by atoms with van der Waals surface area (Å²) in [6.45, 7) is 6.49. The molecule has 2 N–H and O–H groups in total. The first kappa shape index (κ1) is 8.05. The molecule has 0 spiro atoms. The predicted octanol–water partition coefficient (Wildman–Crippen LogP) is 1.25. The topological polar surface area (TPSA) is 26.0 Å². The van der Waals surface area contributed by atoms with Gasteiger partial charge in [0.2, 0.25) is 0 Å². The lowest BCUT2D eigenvalue weighted by atomic mass is 10.5. The molecule has 0 aromatic carbocycles. The van der Waals surface area contributed by atoms with E-state index in [1.165, 1.54) is 0 Å². The van der Waals surface area contributed by atoms with Crippen molar-refractivity contribution in [2.45, 2.75) is 12.2 Å². The van der Waals surface area contributed by atoms with E-state index in [1.54, 1.807) is 0 Å². The second kappa shape index (κ2) is 5.19. The summed E-state index contributed by atoms with van der Waals surface area (Å²) in [7, 11) is 0. The average Bonchev–Trinajstić information content (AvgIpc) is 1.83. The quantitative estimate of drug-likeness (QED) is 0.581. The summed E-state index contributed by atoms with van der Waals surface area (Å²) in [6, 6.07) is 0. The lowest BCUT2D eigenvalue weighted by Crippen LogP contribution is -2.12. The van der Waals surface area contributed by atoms with Gasteiger partial charge in [-0.1, -0.05) is 13.0 Å². The van der Waals surface area contributed by atoms with Gasteiger partial charge in [0.1, 0.15) is 0 Å². The maximum Gasteiger partial charge on any atom is 0.0145 e. The molecule has 0 rings (SSSR count). The zero-order chi connectivity index (χ0) is 6.41. The molecule has 0 aromatic rings. The molecule has 0 aliphatic heterocycles. The average molecular weight is 131 g/mol. The highest BCUT2D eigenvalue weighted by atomic mass is 32.2. The molecule has 0 heterocycles. The van der Waals surface area contributed by atoms with E-state index in [2.05, 4.69) is 13.5 Å². The van der Waals surface area contributed by atoms with E-state index >= 15 is 0 Å². The van der Waals surface area contributed by atoms with Crippen molar-refractivity contribution in [2.75, 3.05) is 12.3 Å². The summed E-state index contributed by atoms with van der Waals surface area (Å²) < 4.78 is 0. The third kappa shape index (κ3) is 4.22. The smallest absolute Gasteiger partial charge is 0.0145 e. The Morgan fingerprint density at radius 1 is 1.88 bits per heavy atom. The first-order chi connectivity index (χ1) is 3.81. The van der Waals surface area contributed by atoms with E-state index in [9.17, 15) is 0 Å². The molecule has 0 saturated heterocycles. The van der Waals surface area contributed by atoms with E-state index in [0.29, 0.717) is 5.25 Å². The minimum Gasteiger partial charge on any atom is -0.329 e. The fourth-order valence-electron chi connectivity index (χ4n) is 0.300. The molecular weight excluding hydrogens is 118 g/mol. The van der Waals surface area contributed by atoms with Crippen molar-refractivity contribution in [1.82, 2.24) is 0 Å². The van der Waals surface area contributed by atoms with Crippen LogP contribution < -0.4 is 5.73 Å². The molecule has 2 heteroatoms. The lowest BCUT2D eigenvalue weighted by molar-refractivity contribution is 0.953. The SMILES string of the molecule is C=CCSC(C)CN. The molecular formula is C6H13NS. The number of thioether (sulfide) groups is 1. The van der Waals surface area contributed by atoms with Crippen LogP contribution in [0.25, 0.3) is 0 Å². The largest absolute Gasteiger partial charge is 0.329 e. The molecule has 8 heavy (non-hydrogen) atoms. The van der Waals surface area contributed by atoms with Crippen LogP contribution in [0.15, 0.2) is 12.7 Å². The van der Waals surface area contributed by atoms with Crippen molar-refractivity contribution in [3.05, 3.63) is 12.7 Å². The van der Waals surface area contributed by atoms with Gasteiger partial charge in [-0.15, -0.1) is 6.58 Å². The highest BCUT2D eigenvalue weighted by molar-refractivity contribution is 8.00. The highest BCUT2D eigenvalue weighted by Crippen LogP contribution is 2.07. The maximum absolute atomic E-state index is 5.36. The third-order valence-electron chi connectivity index (χ3n) is 0.831. The summed E-state index contributed by atoms with van der Waals surface area (Å²) in [6.07, 6.45) is 1.90. The molecule has 0 aliphatic rings. The maximum atomic E-state index is 5.36. The van der Waals surface area contributed by atoms with Crippen LogP contribution in [-0.4, -0.2) is 17.5 Å². The molecule has 0 fully saturated rings. The third-order valence-corrected chi connectivity index (χ3v) is 2.02. The van der Waals surface area contributed by atoms with Crippen molar-refractivity contribution in [1.29, 1.82) is 0 Å². The number of rotatable bonds is 4. The van der Waals surface area contributed by atoms with Gasteiger partial charge < -0.3 is 5.73 Å². The van der Waals surface area contributed by atoms with Crippen LogP contribution in [-0.2, 0) is 0 Å². The summed E-state index contributed by atoms with van der Waals surface area (Å²) in [5, 5.41) is 0.577. The number of hydrogen-bond donors (Lipinski definition) is 1. The monoisotopic (exact) mass is 131 g/mol. The Morgan fingerprint density at radius 3 is 2.88 bits per heavy atom. The van der Waals surface area contributed by atoms with Crippen molar-refractivity contribution in [3.8, 4) is 0 Å². The molecule has 0 bridgehead atoms. The molecule has 0 amide bonds. The van der Waals surface area contributed by atoms with Gasteiger partial charge >= 0.3 is 0 Å². The van der Waals surface area contributed by atoms with E-state index in [0.717, 1.165) is 12.3 Å². The minimum absolute atomic E-state index is 0.577. The minimum atomic E-state index is 0.577. The van der Waals surface area contributed by atoms with Crippen molar-refractivity contribution >= 4 is 11.8 Å². The number of nitrogens with two attached hydrogens (primary N) is 1. The predicted molar refractivity (Wildman–Crippen MR) is 41.2 cm³/mol. The normalized spacial score (nSPS) is 13.2. The Hall–Kier alpha value is 0.0500. The zero-order valence-corrected chi connectivity index (χ0v) is 6.08. The number of hydrogen-bond acceptors (Lipinski definition) is 2. The van der Waals surface area contributed by atoms with E-state index in [-0.39, 0.29) is 0 Å². The summed E-state index contributed by atoms with van der Waals surface area (Å²) >= 11 is 1.83. The Morgan fingerprint density at radius 2 is 2.50 bits per heavy atom. The van der Waals surface area contributed by atoms with E-state index in [1.807, 2.05) is 17.8 Å². The molecule has 0 aliphatic carbocycles. The second-order valence-electron chi connectivity index (χ2n) is 1.67. The molecule has 0 saturated carbocycles. The van der Waals surface area contributed by atoms with E-state index < -0.39 is 0 Å². The van der Waals surface area contributed by atoms with Gasteiger partial charge in [-0.25, -0.2) is 0 Å². The molecule has 0 radical (unpaired) electrons. The Balaban J connectivity index is 2.97.